The number of hydrogen-bond donors (Lipinski definition) is 1. The van der Waals surface area contributed by atoms with Gasteiger partial charge < -0.3 is 0 Å². The zero-order chi connectivity index (χ0) is 35.6. The average molecular weight is 712 g/mol. The van der Waals surface area contributed by atoms with Crippen LogP contribution in [0.15, 0.2) is 29.2 Å². The van der Waals surface area contributed by atoms with Crippen LogP contribution in [0.4, 0.5) is 0 Å². The molecule has 1 aromatic carbocycles. The van der Waals surface area contributed by atoms with E-state index in [1.807, 2.05) is 6.07 Å². The summed E-state index contributed by atoms with van der Waals surface area (Å²) in [4.78, 5) is 0.0610. The molecule has 0 saturated heterocycles. The van der Waals surface area contributed by atoms with Gasteiger partial charge in [-0.1, -0.05) is 181 Å². The third-order valence-corrected chi connectivity index (χ3v) is 15.3. The quantitative estimate of drug-likeness (QED) is 0.0449. The fourth-order valence-electron chi connectivity index (χ4n) is 6.92. The van der Waals surface area contributed by atoms with Gasteiger partial charge in [-0.15, -0.1) is 0 Å². The first-order chi connectivity index (χ1) is 23.2. The molecule has 0 fully saturated rings. The number of unbranched alkanes of at least 4 members (excludes halogenated alkanes) is 24. The van der Waals surface area contributed by atoms with Crippen molar-refractivity contribution in [2.75, 3.05) is 25.2 Å². The molecular formula is C43H84O3PS+. The predicted octanol–water partition coefficient (Wildman–Crippen LogP) is 15.1. The highest BCUT2D eigenvalue weighted by Gasteiger charge is 2.29. The Balaban J connectivity index is 0.000000932. The number of rotatable bonds is 33. The van der Waals surface area contributed by atoms with E-state index >= 15 is 0 Å². The van der Waals surface area contributed by atoms with Crippen molar-refractivity contribution in [1.82, 2.24) is 0 Å². The van der Waals surface area contributed by atoms with Crippen LogP contribution in [0.5, 0.6) is 0 Å². The second kappa shape index (κ2) is 33.7. The second-order valence-electron chi connectivity index (χ2n) is 15.1. The van der Waals surface area contributed by atoms with E-state index in [0.717, 1.165) is 18.4 Å². The minimum atomic E-state index is -4.10. The van der Waals surface area contributed by atoms with Crippen molar-refractivity contribution in [3.05, 3.63) is 29.8 Å². The minimum absolute atomic E-state index is 0.0610. The first-order valence-electron chi connectivity index (χ1n) is 21.1. The van der Waals surface area contributed by atoms with E-state index in [9.17, 15) is 13.0 Å². The molecule has 48 heavy (non-hydrogen) atoms. The third-order valence-electron chi connectivity index (χ3n) is 10.2. The van der Waals surface area contributed by atoms with Gasteiger partial charge in [0.15, 0.2) is 0 Å². The number of benzene rings is 1. The van der Waals surface area contributed by atoms with Crippen LogP contribution in [0.3, 0.4) is 0 Å². The van der Waals surface area contributed by atoms with Crippen LogP contribution in [0.25, 0.3) is 0 Å². The van der Waals surface area contributed by atoms with E-state index in [4.69, 9.17) is 0 Å². The molecule has 5 heteroatoms. The Kier molecular flexibility index (Phi) is 33.4. The molecule has 0 spiro atoms. The Hall–Kier alpha value is -0.440. The Morgan fingerprint density at radius 2 is 0.750 bits per heavy atom. The fraction of sp³-hybridized carbons (Fsp3) is 0.860. The molecule has 1 aromatic rings. The first kappa shape index (κ1) is 47.6. The summed E-state index contributed by atoms with van der Waals surface area (Å²) in [5, 5.41) is 0. The van der Waals surface area contributed by atoms with Gasteiger partial charge in [0.05, 0.1) is 23.4 Å². The highest BCUT2D eigenvalue weighted by atomic mass is 32.2. The molecule has 0 unspecified atom stereocenters. The molecule has 1 rings (SSSR count). The highest BCUT2D eigenvalue weighted by Crippen LogP contribution is 2.57. The lowest BCUT2D eigenvalue weighted by Crippen LogP contribution is -2.08. The molecule has 0 atom stereocenters. The van der Waals surface area contributed by atoms with Gasteiger partial charge in [0.25, 0.3) is 10.1 Å². The molecule has 0 heterocycles. The minimum Gasteiger partial charge on any atom is -0.282 e. The zero-order valence-electron chi connectivity index (χ0n) is 33.1. The second-order valence-corrected chi connectivity index (χ2v) is 21.1. The summed E-state index contributed by atoms with van der Waals surface area (Å²) in [6.45, 7) is 11.9. The van der Waals surface area contributed by atoms with Crippen molar-refractivity contribution < 1.29 is 13.0 Å². The topological polar surface area (TPSA) is 54.4 Å². The van der Waals surface area contributed by atoms with Gasteiger partial charge in [0.1, 0.15) is 0 Å². The normalized spacial score (nSPS) is 11.9. The molecular weight excluding hydrogens is 628 g/mol. The maximum Gasteiger partial charge on any atom is 0.294 e. The Morgan fingerprint density at radius 3 is 1.08 bits per heavy atom. The molecule has 0 aliphatic rings. The Morgan fingerprint density at radius 1 is 0.458 bits per heavy atom. The highest BCUT2D eigenvalue weighted by molar-refractivity contribution is 7.85. The maximum atomic E-state index is 11.3. The van der Waals surface area contributed by atoms with Crippen LogP contribution >= 0.6 is 7.26 Å². The monoisotopic (exact) mass is 712 g/mol. The lowest BCUT2D eigenvalue weighted by molar-refractivity contribution is 0.481. The molecule has 0 bridgehead atoms. The molecule has 0 aliphatic heterocycles. The van der Waals surface area contributed by atoms with E-state index in [0.29, 0.717) is 6.42 Å². The standard InChI is InChI=1S/C25H54P.C18H30O3S/c1-5-8-11-14-17-20-23-26(4,24-21-18-15-12-9-6-2)25-22-19-16-13-10-7-3;1-2-3-4-5-6-7-8-9-10-11-14-17-15-12-13-16-18(17)22(19,20)21/h5-25H2,1-4H3;12-13,15-16H,2-11,14H2,1H3,(H,19,20,21)/q+1;. The van der Waals surface area contributed by atoms with Crippen LogP contribution < -0.4 is 0 Å². The molecule has 3 nitrogen and oxygen atoms in total. The summed E-state index contributed by atoms with van der Waals surface area (Å²) in [5.41, 5.74) is 0.726. The first-order valence-corrected chi connectivity index (χ1v) is 25.4. The summed E-state index contributed by atoms with van der Waals surface area (Å²) in [7, 11) is -4.73. The summed E-state index contributed by atoms with van der Waals surface area (Å²) in [6.07, 6.45) is 44.5. The molecule has 1 N–H and O–H groups in total. The van der Waals surface area contributed by atoms with Crippen molar-refractivity contribution in [1.29, 1.82) is 0 Å². The fourth-order valence-corrected chi connectivity index (χ4v) is 11.3. The smallest absolute Gasteiger partial charge is 0.282 e. The number of aryl methyl sites for hydroxylation is 1. The van der Waals surface area contributed by atoms with E-state index in [2.05, 4.69) is 34.4 Å². The molecule has 0 radical (unpaired) electrons. The Bertz CT molecular complexity index is 876. The van der Waals surface area contributed by atoms with Crippen LogP contribution in [0.1, 0.15) is 213 Å². The van der Waals surface area contributed by atoms with E-state index < -0.39 is 17.4 Å². The van der Waals surface area contributed by atoms with Gasteiger partial charge in [-0.25, -0.2) is 0 Å². The SMILES string of the molecule is CCCCCCCCCCCCc1ccccc1S(=O)(=O)O.CCCCCCCC[P+](C)(CCCCCCCC)CCCCCCCC. The lowest BCUT2D eigenvalue weighted by Gasteiger charge is -2.24. The molecule has 0 aliphatic carbocycles. The molecule has 0 aromatic heterocycles. The molecule has 0 amide bonds. The van der Waals surface area contributed by atoms with Crippen molar-refractivity contribution in [2.45, 2.75) is 219 Å². The molecule has 284 valence electrons. The number of hydrogen-bond acceptors (Lipinski definition) is 2. The van der Waals surface area contributed by atoms with Gasteiger partial charge in [-0.2, -0.15) is 8.42 Å². The van der Waals surface area contributed by atoms with Crippen molar-refractivity contribution in [2.24, 2.45) is 0 Å². The van der Waals surface area contributed by atoms with Gasteiger partial charge >= 0.3 is 0 Å². The van der Waals surface area contributed by atoms with Gasteiger partial charge in [-0.05, 0) is 63.0 Å². The van der Waals surface area contributed by atoms with Crippen molar-refractivity contribution >= 4 is 17.4 Å². The third kappa shape index (κ3) is 29.3. The van der Waals surface area contributed by atoms with Crippen LogP contribution in [-0.2, 0) is 16.5 Å². The van der Waals surface area contributed by atoms with Crippen LogP contribution in [0, 0.1) is 0 Å². The van der Waals surface area contributed by atoms with Crippen molar-refractivity contribution in [3.8, 4) is 0 Å². The van der Waals surface area contributed by atoms with Gasteiger partial charge in [-0.3, -0.25) is 4.55 Å². The molecule has 0 saturated carbocycles. The summed E-state index contributed by atoms with van der Waals surface area (Å²) in [5.74, 6) is 0. The summed E-state index contributed by atoms with van der Waals surface area (Å²) < 4.78 is 31.8. The maximum absolute atomic E-state index is 11.3. The average Bonchev–Trinajstić information content (AvgIpc) is 3.07. The zero-order valence-corrected chi connectivity index (χ0v) is 34.8. The van der Waals surface area contributed by atoms with Crippen LogP contribution in [-0.4, -0.2) is 38.1 Å². The van der Waals surface area contributed by atoms with E-state index in [1.165, 1.54) is 173 Å². The van der Waals surface area contributed by atoms with Crippen molar-refractivity contribution in [3.63, 3.8) is 0 Å². The van der Waals surface area contributed by atoms with Gasteiger partial charge in [0.2, 0.25) is 0 Å². The summed E-state index contributed by atoms with van der Waals surface area (Å²) >= 11 is 0. The van der Waals surface area contributed by atoms with Crippen LogP contribution in [0.2, 0.25) is 0 Å². The van der Waals surface area contributed by atoms with E-state index in [-0.39, 0.29) is 4.90 Å². The Labute approximate surface area is 303 Å². The predicted molar refractivity (Wildman–Crippen MR) is 219 cm³/mol. The largest absolute Gasteiger partial charge is 0.294 e. The van der Waals surface area contributed by atoms with E-state index in [1.54, 1.807) is 30.6 Å². The lowest BCUT2D eigenvalue weighted by atomic mass is 10.0. The summed E-state index contributed by atoms with van der Waals surface area (Å²) in [6, 6.07) is 6.73. The van der Waals surface area contributed by atoms with Gasteiger partial charge in [0, 0.05) is 13.9 Å².